The summed E-state index contributed by atoms with van der Waals surface area (Å²) in [6, 6.07) is 14.4. The van der Waals surface area contributed by atoms with Gasteiger partial charge in [0.1, 0.15) is 17.0 Å². The number of carbonyl (C=O) groups excluding carboxylic acids is 2. The van der Waals surface area contributed by atoms with E-state index in [-0.39, 0.29) is 11.4 Å². The molecule has 3 aromatic carbocycles. The summed E-state index contributed by atoms with van der Waals surface area (Å²) in [5.74, 6) is 1.35. The fourth-order valence-electron chi connectivity index (χ4n) is 4.75. The lowest BCUT2D eigenvalue weighted by Crippen LogP contribution is -2.35. The molecule has 0 bridgehead atoms. The monoisotopic (exact) mass is 647 g/mol. The van der Waals surface area contributed by atoms with Crippen LogP contribution in [0.5, 0.6) is 23.0 Å². The van der Waals surface area contributed by atoms with Gasteiger partial charge in [-0.2, -0.15) is 11.8 Å². The van der Waals surface area contributed by atoms with Crippen LogP contribution in [0.25, 0.3) is 10.9 Å². The molecular weight excluding hydrogens is 612 g/mol. The van der Waals surface area contributed by atoms with Crippen molar-refractivity contribution >= 4 is 45.9 Å². The maximum absolute atomic E-state index is 15.2. The average Bonchev–Trinajstić information content (AvgIpc) is 3.87. The average molecular weight is 648 g/mol. The van der Waals surface area contributed by atoms with Crippen LogP contribution in [0.2, 0.25) is 0 Å². The van der Waals surface area contributed by atoms with Crippen LogP contribution in [0, 0.1) is 17.0 Å². The van der Waals surface area contributed by atoms with Gasteiger partial charge in [0.15, 0.2) is 23.1 Å². The van der Waals surface area contributed by atoms with E-state index in [1.165, 1.54) is 36.4 Å². The summed E-state index contributed by atoms with van der Waals surface area (Å²) in [7, 11) is 1.54. The zero-order valence-electron chi connectivity index (χ0n) is 25.6. The minimum absolute atomic E-state index is 0.0656. The molecule has 1 heterocycles. The number of nitrogens with one attached hydrogen (secondary N) is 2. The van der Waals surface area contributed by atoms with Gasteiger partial charge >= 0.3 is 0 Å². The first-order valence-electron chi connectivity index (χ1n) is 15.0. The Morgan fingerprint density at radius 1 is 0.891 bits per heavy atom. The second kappa shape index (κ2) is 15.1. The third-order valence-electron chi connectivity index (χ3n) is 7.46. The van der Waals surface area contributed by atoms with Crippen molar-refractivity contribution in [2.45, 2.75) is 32.6 Å². The summed E-state index contributed by atoms with van der Waals surface area (Å²) in [5.41, 5.74) is -0.142. The molecule has 5 rings (SSSR count). The van der Waals surface area contributed by atoms with Crippen LogP contribution in [0.3, 0.4) is 0 Å². The normalized spacial score (nSPS) is 13.4. The van der Waals surface area contributed by atoms with Crippen LogP contribution in [-0.4, -0.2) is 42.0 Å². The second-order valence-corrected chi connectivity index (χ2v) is 12.1. The molecule has 2 N–H and O–H groups in total. The van der Waals surface area contributed by atoms with Crippen LogP contribution in [0.1, 0.15) is 32.6 Å². The highest BCUT2D eigenvalue weighted by molar-refractivity contribution is 7.99. The molecule has 2 amide bonds. The third kappa shape index (κ3) is 7.95. The number of allylic oxidation sites excluding steroid dienone is 1. The minimum Gasteiger partial charge on any atom is -0.493 e. The van der Waals surface area contributed by atoms with E-state index in [4.69, 9.17) is 14.2 Å². The van der Waals surface area contributed by atoms with Gasteiger partial charge in [-0.05, 0) is 85.7 Å². The fourth-order valence-corrected chi connectivity index (χ4v) is 5.35. The third-order valence-corrected chi connectivity index (χ3v) is 8.39. The number of hydrogen-bond donors (Lipinski definition) is 2. The highest BCUT2D eigenvalue weighted by atomic mass is 32.2. The largest absolute Gasteiger partial charge is 0.493 e. The van der Waals surface area contributed by atoms with E-state index in [0.29, 0.717) is 53.3 Å². The van der Waals surface area contributed by atoms with Gasteiger partial charge in [-0.15, -0.1) is 0 Å². The maximum atomic E-state index is 15.2. The lowest BCUT2D eigenvalue weighted by Gasteiger charge is -2.16. The molecule has 1 aliphatic rings. The van der Waals surface area contributed by atoms with Gasteiger partial charge in [-0.1, -0.05) is 19.1 Å². The van der Waals surface area contributed by atoms with E-state index in [0.717, 1.165) is 30.4 Å². The van der Waals surface area contributed by atoms with Crippen molar-refractivity contribution in [3.8, 4) is 23.0 Å². The number of nitrogens with zero attached hydrogens (tertiary/aromatic N) is 1. The van der Waals surface area contributed by atoms with Crippen LogP contribution < -0.4 is 24.8 Å². The molecular formula is C35H35F2N3O5S. The number of hydrogen-bond acceptors (Lipinski definition) is 7. The van der Waals surface area contributed by atoms with Crippen LogP contribution in [0.4, 0.5) is 20.2 Å². The summed E-state index contributed by atoms with van der Waals surface area (Å²) >= 11 is 1.91. The van der Waals surface area contributed by atoms with Gasteiger partial charge in [0.05, 0.1) is 19.2 Å². The highest BCUT2D eigenvalue weighted by Gasteiger charge is 2.56. The minimum atomic E-state index is -1.28. The Labute approximate surface area is 270 Å². The van der Waals surface area contributed by atoms with Crippen molar-refractivity contribution < 1.29 is 32.6 Å². The predicted molar refractivity (Wildman–Crippen MR) is 177 cm³/mol. The van der Waals surface area contributed by atoms with Crippen molar-refractivity contribution in [3.05, 3.63) is 90.6 Å². The second-order valence-electron chi connectivity index (χ2n) is 10.7. The van der Waals surface area contributed by atoms with Crippen LogP contribution >= 0.6 is 11.8 Å². The first-order chi connectivity index (χ1) is 22.3. The molecule has 0 radical (unpaired) electrons. The number of carbonyl (C=O) groups is 2. The summed E-state index contributed by atoms with van der Waals surface area (Å²) in [5, 5.41) is 5.88. The summed E-state index contributed by atoms with van der Waals surface area (Å²) < 4.78 is 45.9. The molecule has 1 saturated carbocycles. The van der Waals surface area contributed by atoms with Gasteiger partial charge in [0.2, 0.25) is 11.8 Å². The molecule has 46 heavy (non-hydrogen) atoms. The number of ether oxygens (including phenoxy) is 3. The number of aromatic nitrogens is 1. The van der Waals surface area contributed by atoms with E-state index >= 15 is 4.39 Å². The smallest absolute Gasteiger partial charge is 0.240 e. The number of methoxy groups -OCH3 is 1. The number of thioether (sulfide) groups is 1. The Morgan fingerprint density at radius 3 is 2.30 bits per heavy atom. The van der Waals surface area contributed by atoms with Gasteiger partial charge in [-0.25, -0.2) is 8.78 Å². The molecule has 0 saturated heterocycles. The van der Waals surface area contributed by atoms with Crippen molar-refractivity contribution in [3.63, 3.8) is 0 Å². The molecule has 8 nitrogen and oxygen atoms in total. The number of amides is 2. The van der Waals surface area contributed by atoms with Gasteiger partial charge in [0, 0.05) is 35.1 Å². The molecule has 0 unspecified atom stereocenters. The number of benzene rings is 3. The molecule has 11 heteroatoms. The first-order valence-corrected chi connectivity index (χ1v) is 16.2. The van der Waals surface area contributed by atoms with Crippen molar-refractivity contribution in [2.24, 2.45) is 5.41 Å². The van der Waals surface area contributed by atoms with Gasteiger partial charge in [-0.3, -0.25) is 14.6 Å². The van der Waals surface area contributed by atoms with Crippen LogP contribution in [0.15, 0.2) is 79.0 Å². The van der Waals surface area contributed by atoms with Crippen molar-refractivity contribution in [1.29, 1.82) is 0 Å². The molecule has 0 aliphatic heterocycles. The number of fused-ring (bicyclic) bond motifs is 1. The Morgan fingerprint density at radius 2 is 1.61 bits per heavy atom. The molecule has 0 spiro atoms. The quantitative estimate of drug-likeness (QED) is 0.0764. The van der Waals surface area contributed by atoms with E-state index in [1.807, 2.05) is 11.8 Å². The SMILES string of the molecule is CCSCC/C=C/CCOc1cc2nccc(Oc3ccc(NC(=O)C4(C(=O)Nc5ccc(F)cc5)CC4)cc3F)c2cc1OC. The topological polar surface area (TPSA) is 98.8 Å². The maximum Gasteiger partial charge on any atom is 0.240 e. The molecule has 1 fully saturated rings. The lowest BCUT2D eigenvalue weighted by atomic mass is 10.0. The molecule has 1 aromatic heterocycles. The van der Waals surface area contributed by atoms with Gasteiger partial charge < -0.3 is 24.8 Å². The summed E-state index contributed by atoms with van der Waals surface area (Å²) in [4.78, 5) is 30.3. The predicted octanol–water partition coefficient (Wildman–Crippen LogP) is 8.14. The van der Waals surface area contributed by atoms with E-state index < -0.39 is 28.9 Å². The molecule has 4 aromatic rings. The number of pyridine rings is 1. The number of rotatable bonds is 15. The van der Waals surface area contributed by atoms with Crippen LogP contribution in [-0.2, 0) is 9.59 Å². The fraction of sp³-hybridized carbons (Fsp3) is 0.286. The summed E-state index contributed by atoms with van der Waals surface area (Å²) in [6.07, 6.45) is 8.30. The molecule has 1 aliphatic carbocycles. The molecule has 0 atom stereocenters. The Balaban J connectivity index is 1.23. The first kappa shape index (κ1) is 32.7. The van der Waals surface area contributed by atoms with E-state index in [1.54, 1.807) is 31.5 Å². The number of halogens is 2. The van der Waals surface area contributed by atoms with Crippen molar-refractivity contribution in [2.75, 3.05) is 35.9 Å². The summed E-state index contributed by atoms with van der Waals surface area (Å²) in [6.45, 7) is 2.63. The van der Waals surface area contributed by atoms with Gasteiger partial charge in [0.25, 0.3) is 0 Å². The van der Waals surface area contributed by atoms with Crippen molar-refractivity contribution in [1.82, 2.24) is 4.98 Å². The number of anilines is 2. The van der Waals surface area contributed by atoms with E-state index in [2.05, 4.69) is 34.7 Å². The lowest BCUT2D eigenvalue weighted by molar-refractivity contribution is -0.131. The Hall–Kier alpha value is -4.64. The van der Waals surface area contributed by atoms with E-state index in [9.17, 15) is 14.0 Å². The molecule has 240 valence electrons. The Kier molecular flexibility index (Phi) is 10.7. The Bertz CT molecular complexity index is 1730. The zero-order valence-corrected chi connectivity index (χ0v) is 26.4. The standard InChI is InChI=1S/C35H35F2N3O5S/c1-3-46-19-7-5-4-6-18-44-32-22-28-26(21-31(32)43-2)29(14-17-38-28)45-30-13-12-25(20-27(30)37)40-34(42)35(15-16-35)33(41)39-24-10-8-23(36)9-11-24/h4-5,8-14,17,20-22H,3,6-7,15-16,18-19H2,1-2H3,(H,39,41)(H,40,42)/b5-4+. The highest BCUT2D eigenvalue weighted by Crippen LogP contribution is 2.47. The zero-order chi connectivity index (χ0) is 32.5.